The fourth-order valence-electron chi connectivity index (χ4n) is 2.20. The Hall–Kier alpha value is -3.55. The van der Waals surface area contributed by atoms with Crippen molar-refractivity contribution < 1.29 is 14.4 Å². The molecule has 0 aliphatic rings. The Bertz CT molecular complexity index is 1020. The molecule has 1 N–H and O–H groups in total. The quantitative estimate of drug-likeness (QED) is 0.336. The third kappa shape index (κ3) is 2.84. The van der Waals surface area contributed by atoms with E-state index in [-0.39, 0.29) is 22.7 Å². The Kier molecular flexibility index (Phi) is 3.78. The van der Waals surface area contributed by atoms with E-state index >= 15 is 0 Å². The van der Waals surface area contributed by atoms with Crippen LogP contribution in [0.4, 0.5) is 17.1 Å². The van der Waals surface area contributed by atoms with Crippen LogP contribution < -0.4 is 5.63 Å². The number of rotatable bonds is 3. The van der Waals surface area contributed by atoms with E-state index in [1.807, 2.05) is 0 Å². The molecule has 0 radical (unpaired) electrons. The van der Waals surface area contributed by atoms with Gasteiger partial charge in [0.25, 0.3) is 5.69 Å². The van der Waals surface area contributed by atoms with Crippen LogP contribution in [0.5, 0.6) is 5.75 Å². The Morgan fingerprint density at radius 3 is 2.50 bits per heavy atom. The molecule has 0 fully saturated rings. The summed E-state index contributed by atoms with van der Waals surface area (Å²) in [5, 5.41) is 28.5. The van der Waals surface area contributed by atoms with Crippen LogP contribution in [0.25, 0.3) is 11.0 Å². The zero-order chi connectivity index (χ0) is 17.3. The topological polar surface area (TPSA) is 118 Å². The van der Waals surface area contributed by atoms with Crippen molar-refractivity contribution in [2.45, 2.75) is 6.92 Å². The number of aromatic hydroxyl groups is 1. The van der Waals surface area contributed by atoms with Gasteiger partial charge in [-0.15, -0.1) is 5.11 Å². The van der Waals surface area contributed by atoms with Crippen LogP contribution in [-0.2, 0) is 0 Å². The maximum Gasteiger partial charge on any atom is 0.364 e. The summed E-state index contributed by atoms with van der Waals surface area (Å²) in [6.45, 7) is 1.69. The second-order valence-electron chi connectivity index (χ2n) is 5.02. The van der Waals surface area contributed by atoms with E-state index in [2.05, 4.69) is 10.2 Å². The molecule has 0 spiro atoms. The second kappa shape index (κ2) is 5.92. The van der Waals surface area contributed by atoms with Crippen molar-refractivity contribution in [3.05, 3.63) is 68.6 Å². The molecular formula is C16H11N3O5. The maximum atomic E-state index is 12.0. The average molecular weight is 325 g/mol. The molecule has 3 aromatic rings. The summed E-state index contributed by atoms with van der Waals surface area (Å²) in [4.78, 5) is 22.1. The van der Waals surface area contributed by atoms with Crippen molar-refractivity contribution in [3.8, 4) is 5.75 Å². The fourth-order valence-corrected chi connectivity index (χ4v) is 2.20. The highest BCUT2D eigenvalue weighted by Crippen LogP contribution is 2.28. The van der Waals surface area contributed by atoms with Gasteiger partial charge < -0.3 is 9.52 Å². The zero-order valence-electron chi connectivity index (χ0n) is 12.5. The number of nitro benzene ring substituents is 1. The van der Waals surface area contributed by atoms with E-state index in [0.717, 1.165) is 0 Å². The van der Waals surface area contributed by atoms with Crippen LogP contribution in [-0.4, -0.2) is 10.0 Å². The van der Waals surface area contributed by atoms with Crippen LogP contribution in [0.15, 0.2) is 61.9 Å². The van der Waals surface area contributed by atoms with Crippen molar-refractivity contribution in [2.24, 2.45) is 10.2 Å². The normalized spacial score (nSPS) is 11.2. The minimum atomic E-state index is -0.684. The Labute approximate surface area is 134 Å². The number of hydrogen-bond acceptors (Lipinski definition) is 7. The van der Waals surface area contributed by atoms with E-state index in [9.17, 15) is 20.0 Å². The van der Waals surface area contributed by atoms with Crippen molar-refractivity contribution >= 4 is 28.0 Å². The summed E-state index contributed by atoms with van der Waals surface area (Å²) in [6, 6.07) is 9.90. The summed E-state index contributed by atoms with van der Waals surface area (Å²) >= 11 is 0. The third-order valence-electron chi connectivity index (χ3n) is 3.45. The molecule has 8 nitrogen and oxygen atoms in total. The van der Waals surface area contributed by atoms with Gasteiger partial charge in [0.05, 0.1) is 10.6 Å². The molecule has 1 heterocycles. The van der Waals surface area contributed by atoms with E-state index in [1.54, 1.807) is 13.0 Å². The van der Waals surface area contributed by atoms with Gasteiger partial charge in [0, 0.05) is 23.6 Å². The summed E-state index contributed by atoms with van der Waals surface area (Å²) in [5.41, 5.74) is 0.474. The maximum absolute atomic E-state index is 12.0. The molecule has 0 saturated carbocycles. The van der Waals surface area contributed by atoms with Crippen LogP contribution in [0.1, 0.15) is 5.56 Å². The number of aryl methyl sites for hydroxylation is 1. The van der Waals surface area contributed by atoms with Gasteiger partial charge in [0.2, 0.25) is 0 Å². The number of hydrogen-bond donors (Lipinski definition) is 1. The van der Waals surface area contributed by atoms with Gasteiger partial charge in [-0.25, -0.2) is 4.79 Å². The van der Waals surface area contributed by atoms with Crippen LogP contribution in [0.2, 0.25) is 0 Å². The van der Waals surface area contributed by atoms with E-state index in [0.29, 0.717) is 16.6 Å². The Morgan fingerprint density at radius 1 is 1.12 bits per heavy atom. The fraction of sp³-hybridized carbons (Fsp3) is 0.0625. The van der Waals surface area contributed by atoms with E-state index in [4.69, 9.17) is 4.42 Å². The number of benzene rings is 2. The number of fused-ring (bicyclic) bond motifs is 1. The first-order valence-electron chi connectivity index (χ1n) is 6.88. The van der Waals surface area contributed by atoms with Crippen molar-refractivity contribution in [1.82, 2.24) is 0 Å². The van der Waals surface area contributed by atoms with Crippen LogP contribution >= 0.6 is 0 Å². The molecule has 1 aromatic heterocycles. The summed E-state index contributed by atoms with van der Waals surface area (Å²) in [5.74, 6) is -0.00898. The third-order valence-corrected chi connectivity index (χ3v) is 3.45. The number of azo groups is 1. The predicted molar refractivity (Wildman–Crippen MR) is 86.2 cm³/mol. The number of phenols is 1. The van der Waals surface area contributed by atoms with Crippen molar-refractivity contribution in [3.63, 3.8) is 0 Å². The summed E-state index contributed by atoms with van der Waals surface area (Å²) < 4.78 is 5.13. The van der Waals surface area contributed by atoms with Gasteiger partial charge in [0.1, 0.15) is 11.3 Å². The zero-order valence-corrected chi connectivity index (χ0v) is 12.5. The lowest BCUT2D eigenvalue weighted by Crippen LogP contribution is -2.00. The van der Waals surface area contributed by atoms with E-state index < -0.39 is 10.5 Å². The molecule has 0 aliphatic heterocycles. The molecule has 120 valence electrons. The summed E-state index contributed by atoms with van der Waals surface area (Å²) in [7, 11) is 0. The van der Waals surface area contributed by atoms with Gasteiger partial charge in [0.15, 0.2) is 5.69 Å². The van der Waals surface area contributed by atoms with E-state index in [1.165, 1.54) is 36.4 Å². The molecule has 3 rings (SSSR count). The number of nitro groups is 1. The molecule has 0 bridgehead atoms. The van der Waals surface area contributed by atoms with Gasteiger partial charge >= 0.3 is 5.63 Å². The summed E-state index contributed by atoms with van der Waals surface area (Å²) in [6.07, 6.45) is 0. The molecule has 0 unspecified atom stereocenters. The highest BCUT2D eigenvalue weighted by atomic mass is 16.6. The smallest absolute Gasteiger partial charge is 0.364 e. The average Bonchev–Trinajstić information content (AvgIpc) is 2.54. The van der Waals surface area contributed by atoms with Gasteiger partial charge in [-0.1, -0.05) is 0 Å². The van der Waals surface area contributed by atoms with Crippen LogP contribution in [0, 0.1) is 17.0 Å². The first-order valence-corrected chi connectivity index (χ1v) is 6.88. The lowest BCUT2D eigenvalue weighted by Gasteiger charge is -2.03. The number of phenolic OH excluding ortho intramolecular Hbond substituents is 1. The lowest BCUT2D eigenvalue weighted by atomic mass is 10.1. The molecule has 2 aromatic carbocycles. The molecule has 0 amide bonds. The number of nitrogens with zero attached hydrogens (tertiary/aromatic N) is 3. The van der Waals surface area contributed by atoms with Gasteiger partial charge in [-0.2, -0.15) is 5.11 Å². The Morgan fingerprint density at radius 2 is 1.83 bits per heavy atom. The lowest BCUT2D eigenvalue weighted by molar-refractivity contribution is -0.384. The molecule has 0 aliphatic carbocycles. The van der Waals surface area contributed by atoms with Gasteiger partial charge in [-0.05, 0) is 36.8 Å². The molecule has 8 heteroatoms. The Balaban J connectivity index is 2.01. The SMILES string of the molecule is Cc1c(N=Nc2ccc([N+](=O)[O-])cc2)c(=O)oc2cc(O)ccc12. The first kappa shape index (κ1) is 15.3. The number of non-ortho nitro benzene ring substituents is 1. The van der Waals surface area contributed by atoms with Crippen LogP contribution in [0.3, 0.4) is 0 Å². The molecule has 0 saturated heterocycles. The largest absolute Gasteiger partial charge is 0.508 e. The molecule has 0 atom stereocenters. The molecular weight excluding hydrogens is 314 g/mol. The van der Waals surface area contributed by atoms with Gasteiger partial charge in [-0.3, -0.25) is 10.1 Å². The highest BCUT2D eigenvalue weighted by molar-refractivity contribution is 5.84. The monoisotopic (exact) mass is 325 g/mol. The second-order valence-corrected chi connectivity index (χ2v) is 5.02. The minimum absolute atomic E-state index is 0.00898. The first-order chi connectivity index (χ1) is 11.5. The standard InChI is InChI=1S/C16H11N3O5/c1-9-13-7-6-12(20)8-14(13)24-16(21)15(9)18-17-10-2-4-11(5-3-10)19(22)23/h2-8,20H,1H3. The van der Waals surface area contributed by atoms with Crippen molar-refractivity contribution in [2.75, 3.05) is 0 Å². The van der Waals surface area contributed by atoms with Crippen molar-refractivity contribution in [1.29, 1.82) is 0 Å². The minimum Gasteiger partial charge on any atom is -0.508 e. The molecule has 24 heavy (non-hydrogen) atoms. The highest BCUT2D eigenvalue weighted by Gasteiger charge is 2.11. The predicted octanol–water partition coefficient (Wildman–Crippen LogP) is 4.13.